The summed E-state index contributed by atoms with van der Waals surface area (Å²) in [6.07, 6.45) is 9.40. The summed E-state index contributed by atoms with van der Waals surface area (Å²) in [5.41, 5.74) is 5.38. The summed E-state index contributed by atoms with van der Waals surface area (Å²) in [4.78, 5) is 11.6. The number of hydrogen-bond donors (Lipinski definition) is 0. The molecule has 0 spiro atoms. The molecule has 0 amide bonds. The minimum Gasteiger partial charge on any atom is -0.494 e. The lowest BCUT2D eigenvalue weighted by molar-refractivity contribution is -0.148. The van der Waals surface area contributed by atoms with E-state index >= 15 is 0 Å². The molecule has 0 radical (unpaired) electrons. The van der Waals surface area contributed by atoms with Crippen LogP contribution in [0.4, 0.5) is 0 Å². The summed E-state index contributed by atoms with van der Waals surface area (Å²) in [6, 6.07) is 17.1. The Balaban J connectivity index is 1.38. The molecule has 3 nitrogen and oxygen atoms in total. The lowest BCUT2D eigenvalue weighted by atomic mass is 9.88. The third kappa shape index (κ3) is 6.48. The number of rotatable bonds is 11. The fraction of sp³-hybridized carbons (Fsp3) is 0.444. The predicted molar refractivity (Wildman–Crippen MR) is 123 cm³/mol. The summed E-state index contributed by atoms with van der Waals surface area (Å²) in [6.45, 7) is 5.18. The normalized spacial score (nSPS) is 13.9. The molecule has 2 aromatic carbocycles. The summed E-state index contributed by atoms with van der Waals surface area (Å²) >= 11 is 0. The first-order valence-electron chi connectivity index (χ1n) is 11.4. The Kier molecular flexibility index (Phi) is 8.55. The molecule has 0 bridgehead atoms. The van der Waals surface area contributed by atoms with Crippen LogP contribution < -0.4 is 4.74 Å². The highest BCUT2D eigenvalue weighted by atomic mass is 16.5. The molecule has 160 valence electrons. The molecule has 0 saturated carbocycles. The number of hydrogen-bond acceptors (Lipinski definition) is 3. The van der Waals surface area contributed by atoms with Gasteiger partial charge in [-0.05, 0) is 79.3 Å². The van der Waals surface area contributed by atoms with Gasteiger partial charge in [-0.2, -0.15) is 0 Å². The third-order valence-corrected chi connectivity index (χ3v) is 5.82. The zero-order chi connectivity index (χ0) is 21.2. The van der Waals surface area contributed by atoms with E-state index in [1.165, 1.54) is 22.3 Å². The number of carbonyl (C=O) groups is 1. The molecule has 1 aliphatic carbocycles. The van der Waals surface area contributed by atoms with E-state index in [1.54, 1.807) is 0 Å². The van der Waals surface area contributed by atoms with Crippen LogP contribution in [-0.4, -0.2) is 19.2 Å². The zero-order valence-corrected chi connectivity index (χ0v) is 18.4. The van der Waals surface area contributed by atoms with E-state index in [-0.39, 0.29) is 11.9 Å². The van der Waals surface area contributed by atoms with Crippen LogP contribution in [0.25, 0.3) is 11.6 Å². The Hall–Kier alpha value is -2.55. The summed E-state index contributed by atoms with van der Waals surface area (Å²) in [5, 5.41) is 0. The molecule has 1 unspecified atom stereocenters. The van der Waals surface area contributed by atoms with Gasteiger partial charge in [0.25, 0.3) is 0 Å². The quantitative estimate of drug-likeness (QED) is 0.308. The molecule has 1 aliphatic rings. The Morgan fingerprint density at radius 3 is 2.50 bits per heavy atom. The van der Waals surface area contributed by atoms with E-state index in [9.17, 15) is 4.79 Å². The molecule has 0 aromatic heterocycles. The standard InChI is InChI=1S/C27H34O3/c1-3-21(2)27(28)30-18-10-5-4-9-17-29-26-16-15-23-13-14-24(19-25(23)20-26)22-11-7-6-8-12-22/h6-8,11-12,15-16,19-21H,3-5,9-10,13-14,17-18H2,1-2H3. The van der Waals surface area contributed by atoms with Gasteiger partial charge in [-0.1, -0.05) is 56.3 Å². The Bertz CT molecular complexity index is 838. The highest BCUT2D eigenvalue weighted by Crippen LogP contribution is 2.32. The average Bonchev–Trinajstić information content (AvgIpc) is 2.80. The second-order valence-corrected chi connectivity index (χ2v) is 8.14. The van der Waals surface area contributed by atoms with Gasteiger partial charge in [-0.3, -0.25) is 4.79 Å². The van der Waals surface area contributed by atoms with Crippen molar-refractivity contribution in [3.05, 3.63) is 65.2 Å². The Morgan fingerprint density at radius 1 is 0.967 bits per heavy atom. The van der Waals surface area contributed by atoms with Crippen LogP contribution in [0.1, 0.15) is 69.1 Å². The van der Waals surface area contributed by atoms with Crippen molar-refractivity contribution >= 4 is 17.6 Å². The first-order chi connectivity index (χ1) is 14.7. The monoisotopic (exact) mass is 406 g/mol. The molecule has 0 heterocycles. The van der Waals surface area contributed by atoms with Gasteiger partial charge in [0.05, 0.1) is 19.1 Å². The van der Waals surface area contributed by atoms with Crippen molar-refractivity contribution in [1.29, 1.82) is 0 Å². The molecular formula is C27H34O3. The Morgan fingerprint density at radius 2 is 1.73 bits per heavy atom. The van der Waals surface area contributed by atoms with Crippen LogP contribution in [0.5, 0.6) is 5.75 Å². The van der Waals surface area contributed by atoms with E-state index < -0.39 is 0 Å². The van der Waals surface area contributed by atoms with Crippen molar-refractivity contribution in [2.75, 3.05) is 13.2 Å². The van der Waals surface area contributed by atoms with Gasteiger partial charge in [0.15, 0.2) is 0 Å². The van der Waals surface area contributed by atoms with Crippen LogP contribution in [0.2, 0.25) is 0 Å². The van der Waals surface area contributed by atoms with Crippen molar-refractivity contribution < 1.29 is 14.3 Å². The highest BCUT2D eigenvalue weighted by Gasteiger charge is 2.13. The minimum atomic E-state index is -0.0716. The highest BCUT2D eigenvalue weighted by molar-refractivity contribution is 5.84. The first-order valence-corrected chi connectivity index (χ1v) is 11.4. The number of carbonyl (C=O) groups excluding carboxylic acids is 1. The molecule has 30 heavy (non-hydrogen) atoms. The lowest BCUT2D eigenvalue weighted by Gasteiger charge is -2.18. The molecule has 0 fully saturated rings. The molecule has 2 aromatic rings. The number of unbranched alkanes of at least 4 members (excludes halogenated alkanes) is 3. The summed E-state index contributed by atoms with van der Waals surface area (Å²) in [5.74, 6) is 0.883. The summed E-state index contributed by atoms with van der Waals surface area (Å²) in [7, 11) is 0. The van der Waals surface area contributed by atoms with E-state index in [4.69, 9.17) is 9.47 Å². The number of fused-ring (bicyclic) bond motifs is 1. The van der Waals surface area contributed by atoms with E-state index in [2.05, 4.69) is 54.6 Å². The lowest BCUT2D eigenvalue weighted by Crippen LogP contribution is -2.14. The third-order valence-electron chi connectivity index (χ3n) is 5.82. The van der Waals surface area contributed by atoms with Gasteiger partial charge in [0.2, 0.25) is 0 Å². The SMILES string of the molecule is CCC(C)C(=O)OCCCCCCOc1ccc2c(c1)C=C(c1ccccc1)CC2. The van der Waals surface area contributed by atoms with Crippen LogP contribution in [0.15, 0.2) is 48.5 Å². The molecule has 3 rings (SSSR count). The fourth-order valence-electron chi connectivity index (χ4n) is 3.66. The predicted octanol–water partition coefficient (Wildman–Crippen LogP) is 6.70. The van der Waals surface area contributed by atoms with Crippen LogP contribution >= 0.6 is 0 Å². The molecular weight excluding hydrogens is 372 g/mol. The number of aryl methyl sites for hydroxylation is 1. The van der Waals surface area contributed by atoms with Gasteiger partial charge in [-0.15, -0.1) is 0 Å². The van der Waals surface area contributed by atoms with Gasteiger partial charge in [0, 0.05) is 0 Å². The number of esters is 1. The van der Waals surface area contributed by atoms with Crippen LogP contribution in [-0.2, 0) is 16.0 Å². The average molecular weight is 407 g/mol. The number of ether oxygens (including phenoxy) is 2. The number of allylic oxidation sites excluding steroid dienone is 1. The minimum absolute atomic E-state index is 0.00800. The molecule has 0 N–H and O–H groups in total. The van der Waals surface area contributed by atoms with Crippen LogP contribution in [0.3, 0.4) is 0 Å². The fourth-order valence-corrected chi connectivity index (χ4v) is 3.66. The van der Waals surface area contributed by atoms with Gasteiger partial charge in [-0.25, -0.2) is 0 Å². The van der Waals surface area contributed by atoms with Crippen molar-refractivity contribution in [2.45, 2.75) is 58.8 Å². The zero-order valence-electron chi connectivity index (χ0n) is 18.4. The maximum atomic E-state index is 11.6. The van der Waals surface area contributed by atoms with Crippen LogP contribution in [0, 0.1) is 5.92 Å². The van der Waals surface area contributed by atoms with Gasteiger partial charge in [0.1, 0.15) is 5.75 Å². The van der Waals surface area contributed by atoms with E-state index in [0.717, 1.165) is 57.3 Å². The molecule has 0 aliphatic heterocycles. The second-order valence-electron chi connectivity index (χ2n) is 8.14. The Labute approximate surface area is 181 Å². The largest absolute Gasteiger partial charge is 0.494 e. The smallest absolute Gasteiger partial charge is 0.308 e. The van der Waals surface area contributed by atoms with Gasteiger partial charge < -0.3 is 9.47 Å². The van der Waals surface area contributed by atoms with Crippen molar-refractivity contribution in [1.82, 2.24) is 0 Å². The molecule has 3 heteroatoms. The molecule has 1 atom stereocenters. The first kappa shape index (κ1) is 22.1. The number of benzene rings is 2. The maximum absolute atomic E-state index is 11.6. The van der Waals surface area contributed by atoms with Crippen molar-refractivity contribution in [3.63, 3.8) is 0 Å². The van der Waals surface area contributed by atoms with Crippen molar-refractivity contribution in [3.8, 4) is 5.75 Å². The molecule has 0 saturated heterocycles. The maximum Gasteiger partial charge on any atom is 0.308 e. The van der Waals surface area contributed by atoms with Gasteiger partial charge >= 0.3 is 5.97 Å². The van der Waals surface area contributed by atoms with E-state index in [0.29, 0.717) is 6.61 Å². The van der Waals surface area contributed by atoms with E-state index in [1.807, 2.05) is 13.8 Å². The topological polar surface area (TPSA) is 35.5 Å². The second kappa shape index (κ2) is 11.6. The van der Waals surface area contributed by atoms with Crippen molar-refractivity contribution in [2.24, 2.45) is 5.92 Å². The summed E-state index contributed by atoms with van der Waals surface area (Å²) < 4.78 is 11.3.